The highest BCUT2D eigenvalue weighted by atomic mass is 16.7. The van der Waals surface area contributed by atoms with Crippen molar-refractivity contribution in [3.8, 4) is 0 Å². The van der Waals surface area contributed by atoms with Crippen LogP contribution < -0.4 is 0 Å². The molecule has 1 saturated carbocycles. The molecule has 2 atom stereocenters. The highest BCUT2D eigenvalue weighted by molar-refractivity contribution is 4.92. The van der Waals surface area contributed by atoms with Crippen LogP contribution in [-0.2, 0) is 14.2 Å². The van der Waals surface area contributed by atoms with Crippen molar-refractivity contribution < 1.29 is 14.2 Å². The molecule has 0 bridgehead atoms. The molecule has 0 aliphatic heterocycles. The third-order valence-corrected chi connectivity index (χ3v) is 4.82. The van der Waals surface area contributed by atoms with Crippen molar-refractivity contribution in [3.05, 3.63) is 0 Å². The molecule has 0 amide bonds. The Bertz CT molecular complexity index is 284. The van der Waals surface area contributed by atoms with Crippen LogP contribution in [0.3, 0.4) is 0 Å². The summed E-state index contributed by atoms with van der Waals surface area (Å²) in [5.74, 6) is 0.588. The van der Waals surface area contributed by atoms with E-state index in [0.29, 0.717) is 24.5 Å². The van der Waals surface area contributed by atoms with Crippen molar-refractivity contribution >= 4 is 0 Å². The van der Waals surface area contributed by atoms with Crippen LogP contribution in [0.5, 0.6) is 0 Å². The van der Waals surface area contributed by atoms with Crippen molar-refractivity contribution in [2.24, 2.45) is 11.3 Å². The van der Waals surface area contributed by atoms with Gasteiger partial charge in [0.05, 0.1) is 5.60 Å². The van der Waals surface area contributed by atoms with Crippen LogP contribution in [0, 0.1) is 11.3 Å². The van der Waals surface area contributed by atoms with Gasteiger partial charge in [-0.2, -0.15) is 0 Å². The Labute approximate surface area is 131 Å². The summed E-state index contributed by atoms with van der Waals surface area (Å²) in [5.41, 5.74) is 0.273. The molecule has 0 radical (unpaired) electrons. The first kappa shape index (κ1) is 18.9. The van der Waals surface area contributed by atoms with Gasteiger partial charge in [0.15, 0.2) is 6.29 Å². The van der Waals surface area contributed by atoms with Crippen molar-refractivity contribution in [2.75, 3.05) is 19.8 Å². The van der Waals surface area contributed by atoms with Crippen molar-refractivity contribution in [3.63, 3.8) is 0 Å². The zero-order valence-electron chi connectivity index (χ0n) is 15.0. The number of hydrogen-bond donors (Lipinski definition) is 0. The predicted molar refractivity (Wildman–Crippen MR) is 87.4 cm³/mol. The van der Waals surface area contributed by atoms with Gasteiger partial charge in [-0.15, -0.1) is 0 Å². The number of rotatable bonds is 9. The molecule has 1 fully saturated rings. The van der Waals surface area contributed by atoms with Crippen LogP contribution in [0.4, 0.5) is 0 Å². The van der Waals surface area contributed by atoms with E-state index in [-0.39, 0.29) is 11.9 Å². The summed E-state index contributed by atoms with van der Waals surface area (Å²) in [4.78, 5) is 0. The predicted octanol–water partition coefficient (Wildman–Crippen LogP) is 4.79. The maximum absolute atomic E-state index is 6.23. The molecule has 3 heteroatoms. The fourth-order valence-corrected chi connectivity index (χ4v) is 3.76. The van der Waals surface area contributed by atoms with E-state index in [1.807, 2.05) is 13.8 Å². The summed E-state index contributed by atoms with van der Waals surface area (Å²) in [5, 5.41) is 0. The van der Waals surface area contributed by atoms with E-state index < -0.39 is 0 Å². The fraction of sp³-hybridized carbons (Fsp3) is 1.00. The van der Waals surface area contributed by atoms with Crippen LogP contribution >= 0.6 is 0 Å². The van der Waals surface area contributed by atoms with Crippen molar-refractivity contribution in [1.29, 1.82) is 0 Å². The van der Waals surface area contributed by atoms with Gasteiger partial charge in [-0.1, -0.05) is 20.3 Å². The third-order valence-electron chi connectivity index (χ3n) is 4.82. The minimum absolute atomic E-state index is 0.151. The molecule has 1 aliphatic carbocycles. The summed E-state index contributed by atoms with van der Waals surface area (Å²) < 4.78 is 17.8. The number of hydrogen-bond acceptors (Lipinski definition) is 3. The first-order chi connectivity index (χ1) is 9.87. The smallest absolute Gasteiger partial charge is 0.160 e. The summed E-state index contributed by atoms with van der Waals surface area (Å²) in [6.45, 7) is 15.3. The zero-order chi connectivity index (χ0) is 15.9. The number of ether oxygens (including phenoxy) is 3. The summed E-state index contributed by atoms with van der Waals surface area (Å²) in [7, 11) is 0. The second-order valence-corrected chi connectivity index (χ2v) is 7.25. The van der Waals surface area contributed by atoms with Gasteiger partial charge in [-0.25, -0.2) is 0 Å². The molecule has 126 valence electrons. The standard InChI is InChI=1S/C18H36O3/c1-7-19-16(20-8-2)14-18(6,21-9-3)15-11-10-12-17(4,5)13-15/h15-16H,7-14H2,1-6H3. The summed E-state index contributed by atoms with van der Waals surface area (Å²) in [6.07, 6.45) is 5.78. The maximum Gasteiger partial charge on any atom is 0.160 e. The Morgan fingerprint density at radius 1 is 1.10 bits per heavy atom. The molecular formula is C18H36O3. The molecular weight excluding hydrogens is 264 g/mol. The van der Waals surface area contributed by atoms with Gasteiger partial charge in [0.25, 0.3) is 0 Å². The molecule has 0 aromatic carbocycles. The maximum atomic E-state index is 6.23. The highest BCUT2D eigenvalue weighted by Gasteiger charge is 2.42. The molecule has 0 spiro atoms. The van der Waals surface area contributed by atoms with E-state index in [4.69, 9.17) is 14.2 Å². The SMILES string of the molecule is CCOC(CC(C)(OCC)C1CCCC(C)(C)C1)OCC. The minimum Gasteiger partial charge on any atom is -0.375 e. The van der Waals surface area contributed by atoms with Gasteiger partial charge >= 0.3 is 0 Å². The van der Waals surface area contributed by atoms with Crippen LogP contribution in [-0.4, -0.2) is 31.7 Å². The Hall–Kier alpha value is -0.120. The lowest BCUT2D eigenvalue weighted by Gasteiger charge is -2.45. The normalized spacial score (nSPS) is 25.0. The quantitative estimate of drug-likeness (QED) is 0.573. The molecule has 0 heterocycles. The van der Waals surface area contributed by atoms with Crippen molar-refractivity contribution in [2.45, 2.75) is 85.5 Å². The lowest BCUT2D eigenvalue weighted by Crippen LogP contribution is -2.45. The zero-order valence-corrected chi connectivity index (χ0v) is 15.0. The lowest BCUT2D eigenvalue weighted by molar-refractivity contribution is -0.192. The summed E-state index contributed by atoms with van der Waals surface area (Å²) >= 11 is 0. The molecule has 3 nitrogen and oxygen atoms in total. The Morgan fingerprint density at radius 2 is 1.71 bits per heavy atom. The van der Waals surface area contributed by atoms with Crippen LogP contribution in [0.25, 0.3) is 0 Å². The summed E-state index contributed by atoms with van der Waals surface area (Å²) in [6, 6.07) is 0. The first-order valence-corrected chi connectivity index (χ1v) is 8.74. The highest BCUT2D eigenvalue weighted by Crippen LogP contribution is 2.45. The average molecular weight is 300 g/mol. The Balaban J connectivity index is 2.79. The molecule has 0 aromatic rings. The largest absolute Gasteiger partial charge is 0.375 e. The van der Waals surface area contributed by atoms with Gasteiger partial charge in [0.2, 0.25) is 0 Å². The second kappa shape index (κ2) is 8.50. The van der Waals surface area contributed by atoms with E-state index in [0.717, 1.165) is 13.0 Å². The fourth-order valence-electron chi connectivity index (χ4n) is 3.76. The molecule has 1 aliphatic rings. The average Bonchev–Trinajstić information content (AvgIpc) is 2.38. The molecule has 0 saturated heterocycles. The minimum atomic E-state index is -0.151. The molecule has 0 N–H and O–H groups in total. The van der Waals surface area contributed by atoms with Crippen LogP contribution in [0.1, 0.15) is 73.6 Å². The Kier molecular flexibility index (Phi) is 7.66. The van der Waals surface area contributed by atoms with Crippen LogP contribution in [0.15, 0.2) is 0 Å². The third kappa shape index (κ3) is 5.88. The van der Waals surface area contributed by atoms with Crippen molar-refractivity contribution in [1.82, 2.24) is 0 Å². The Morgan fingerprint density at radius 3 is 2.19 bits per heavy atom. The van der Waals surface area contributed by atoms with E-state index in [1.54, 1.807) is 0 Å². The first-order valence-electron chi connectivity index (χ1n) is 8.74. The molecule has 2 unspecified atom stereocenters. The second-order valence-electron chi connectivity index (χ2n) is 7.25. The van der Waals surface area contributed by atoms with E-state index >= 15 is 0 Å². The monoisotopic (exact) mass is 300 g/mol. The van der Waals surface area contributed by atoms with Gasteiger partial charge in [0.1, 0.15) is 0 Å². The molecule has 21 heavy (non-hydrogen) atoms. The van der Waals surface area contributed by atoms with E-state index in [2.05, 4.69) is 27.7 Å². The van der Waals surface area contributed by atoms with Crippen LogP contribution in [0.2, 0.25) is 0 Å². The van der Waals surface area contributed by atoms with Gasteiger partial charge in [-0.3, -0.25) is 0 Å². The van der Waals surface area contributed by atoms with E-state index in [1.165, 1.54) is 25.7 Å². The van der Waals surface area contributed by atoms with Gasteiger partial charge < -0.3 is 14.2 Å². The van der Waals surface area contributed by atoms with Gasteiger partial charge in [0, 0.05) is 26.2 Å². The lowest BCUT2D eigenvalue weighted by atomic mass is 9.66. The van der Waals surface area contributed by atoms with Gasteiger partial charge in [-0.05, 0) is 58.3 Å². The topological polar surface area (TPSA) is 27.7 Å². The molecule has 0 aromatic heterocycles. The molecule has 1 rings (SSSR count). The van der Waals surface area contributed by atoms with E-state index in [9.17, 15) is 0 Å².